The van der Waals surface area contributed by atoms with Gasteiger partial charge in [0.15, 0.2) is 11.6 Å². The number of carbonyl (C=O) groups is 2. The second kappa shape index (κ2) is 11.7. The third-order valence-electron chi connectivity index (χ3n) is 9.45. The lowest BCUT2D eigenvalue weighted by Crippen LogP contribution is -2.25. The quantitative estimate of drug-likeness (QED) is 0.195. The molecule has 6 aromatic carbocycles. The van der Waals surface area contributed by atoms with Crippen LogP contribution in [0.1, 0.15) is 76.4 Å². The van der Waals surface area contributed by atoms with E-state index < -0.39 is 0 Å². The molecule has 0 fully saturated rings. The SMILES string of the molecule is Cc1cc(C)cc(-c2ccc(-c3cc(C)cc(C)c3)c3c2C(=O)c2c(-c4cc(C)cc(C)c4)ccc(-c4cc(C)cc(C)c4)c2C3=O)c1. The van der Waals surface area contributed by atoms with Gasteiger partial charge >= 0.3 is 0 Å². The fraction of sp³-hybridized carbons (Fsp3) is 0.174. The molecule has 0 N–H and O–H groups in total. The summed E-state index contributed by atoms with van der Waals surface area (Å²) in [6, 6.07) is 33.6. The number of ketones is 2. The summed E-state index contributed by atoms with van der Waals surface area (Å²) in [6.07, 6.45) is 0. The van der Waals surface area contributed by atoms with E-state index in [0.717, 1.165) is 89.0 Å². The molecule has 0 aliphatic heterocycles. The average molecular weight is 625 g/mol. The third kappa shape index (κ3) is 5.42. The summed E-state index contributed by atoms with van der Waals surface area (Å²) in [4.78, 5) is 30.9. The van der Waals surface area contributed by atoms with Gasteiger partial charge in [-0.2, -0.15) is 0 Å². The highest BCUT2D eigenvalue weighted by Crippen LogP contribution is 2.46. The second-order valence-corrected chi connectivity index (χ2v) is 14.0. The Morgan fingerprint density at radius 2 is 0.438 bits per heavy atom. The van der Waals surface area contributed by atoms with Gasteiger partial charge in [0.25, 0.3) is 0 Å². The van der Waals surface area contributed by atoms with Crippen LogP contribution < -0.4 is 0 Å². The molecule has 1 aliphatic carbocycles. The molecule has 2 nitrogen and oxygen atoms in total. The molecule has 7 rings (SSSR count). The Balaban J connectivity index is 1.62. The zero-order chi connectivity index (χ0) is 34.0. The predicted molar refractivity (Wildman–Crippen MR) is 199 cm³/mol. The molecule has 0 amide bonds. The molecule has 6 aromatic rings. The molecule has 0 spiro atoms. The minimum Gasteiger partial charge on any atom is -0.289 e. The lowest BCUT2D eigenvalue weighted by atomic mass is 9.73. The van der Waals surface area contributed by atoms with E-state index in [1.807, 2.05) is 24.3 Å². The molecule has 0 unspecified atom stereocenters. The Labute approximate surface area is 284 Å². The van der Waals surface area contributed by atoms with Crippen LogP contribution in [0.15, 0.2) is 97.1 Å². The van der Waals surface area contributed by atoms with Crippen molar-refractivity contribution < 1.29 is 9.59 Å². The number of benzene rings is 6. The molecular formula is C46H40O2. The standard InChI is InChI=1S/C46H40O2/c1-25-13-26(2)18-33(17-25)37-9-10-38(34-19-27(3)14-28(4)20-34)42-41(37)45(47)43-39(35-21-29(5)15-30(6)22-35)11-12-40(44(43)46(42)48)36-23-31(7)16-32(8)24-36/h9-24H,1-8H3. The molecule has 0 saturated heterocycles. The van der Waals surface area contributed by atoms with Crippen LogP contribution in [-0.2, 0) is 0 Å². The van der Waals surface area contributed by atoms with E-state index in [9.17, 15) is 0 Å². The van der Waals surface area contributed by atoms with Crippen molar-refractivity contribution in [2.45, 2.75) is 55.4 Å². The van der Waals surface area contributed by atoms with Crippen molar-refractivity contribution >= 4 is 11.6 Å². The van der Waals surface area contributed by atoms with Crippen LogP contribution in [0.4, 0.5) is 0 Å². The molecule has 0 atom stereocenters. The van der Waals surface area contributed by atoms with Gasteiger partial charge < -0.3 is 0 Å². The second-order valence-electron chi connectivity index (χ2n) is 14.0. The van der Waals surface area contributed by atoms with Gasteiger partial charge in [-0.1, -0.05) is 142 Å². The van der Waals surface area contributed by atoms with E-state index in [-0.39, 0.29) is 11.6 Å². The summed E-state index contributed by atoms with van der Waals surface area (Å²) < 4.78 is 0. The van der Waals surface area contributed by atoms with Gasteiger partial charge in [0, 0.05) is 22.3 Å². The van der Waals surface area contributed by atoms with Gasteiger partial charge in [-0.3, -0.25) is 9.59 Å². The Bertz CT molecular complexity index is 1940. The Hall–Kier alpha value is -5.34. The van der Waals surface area contributed by atoms with Crippen molar-refractivity contribution in [2.24, 2.45) is 0 Å². The molecule has 0 bridgehead atoms. The Kier molecular flexibility index (Phi) is 7.63. The third-order valence-corrected chi connectivity index (χ3v) is 9.45. The van der Waals surface area contributed by atoms with Gasteiger partial charge in [-0.25, -0.2) is 0 Å². The Morgan fingerprint density at radius 3 is 0.604 bits per heavy atom. The van der Waals surface area contributed by atoms with Crippen molar-refractivity contribution in [3.8, 4) is 44.5 Å². The number of hydrogen-bond donors (Lipinski definition) is 0. The number of carbonyl (C=O) groups excluding carboxylic acids is 2. The van der Waals surface area contributed by atoms with Crippen LogP contribution in [0.5, 0.6) is 0 Å². The van der Waals surface area contributed by atoms with Crippen LogP contribution in [0.2, 0.25) is 0 Å². The van der Waals surface area contributed by atoms with E-state index in [0.29, 0.717) is 22.3 Å². The first-order valence-electron chi connectivity index (χ1n) is 16.7. The maximum absolute atomic E-state index is 15.5. The first-order chi connectivity index (χ1) is 22.9. The van der Waals surface area contributed by atoms with E-state index in [2.05, 4.69) is 128 Å². The van der Waals surface area contributed by atoms with Gasteiger partial charge in [0.05, 0.1) is 0 Å². The topological polar surface area (TPSA) is 34.1 Å². The molecule has 2 heteroatoms. The number of hydrogen-bond acceptors (Lipinski definition) is 2. The highest BCUT2D eigenvalue weighted by Gasteiger charge is 2.38. The molecule has 236 valence electrons. The molecule has 1 aliphatic rings. The van der Waals surface area contributed by atoms with E-state index in [1.165, 1.54) is 0 Å². The smallest absolute Gasteiger partial charge is 0.195 e. The predicted octanol–water partition coefficient (Wildman–Crippen LogP) is 11.6. The van der Waals surface area contributed by atoms with Gasteiger partial charge in [0.2, 0.25) is 0 Å². The fourth-order valence-corrected chi connectivity index (χ4v) is 7.88. The highest BCUT2D eigenvalue weighted by molar-refractivity contribution is 6.35. The summed E-state index contributed by atoms with van der Waals surface area (Å²) >= 11 is 0. The molecule has 0 aromatic heterocycles. The maximum Gasteiger partial charge on any atom is 0.195 e. The molecule has 0 radical (unpaired) electrons. The van der Waals surface area contributed by atoms with Crippen molar-refractivity contribution in [2.75, 3.05) is 0 Å². The molecule has 0 saturated carbocycles. The van der Waals surface area contributed by atoms with E-state index in [4.69, 9.17) is 0 Å². The van der Waals surface area contributed by atoms with Gasteiger partial charge in [-0.15, -0.1) is 0 Å². The van der Waals surface area contributed by atoms with Crippen molar-refractivity contribution in [1.82, 2.24) is 0 Å². The summed E-state index contributed by atoms with van der Waals surface area (Å²) in [6.45, 7) is 16.6. The van der Waals surface area contributed by atoms with Crippen LogP contribution in [0, 0.1) is 55.4 Å². The van der Waals surface area contributed by atoms with Crippen molar-refractivity contribution in [3.63, 3.8) is 0 Å². The number of aryl methyl sites for hydroxylation is 8. The monoisotopic (exact) mass is 624 g/mol. The summed E-state index contributed by atoms with van der Waals surface area (Å²) in [5, 5.41) is 0. The molecule has 0 heterocycles. The first kappa shape index (κ1) is 31.3. The first-order valence-corrected chi connectivity index (χ1v) is 16.7. The number of fused-ring (bicyclic) bond motifs is 2. The summed E-state index contributed by atoms with van der Waals surface area (Å²) in [7, 11) is 0. The normalized spacial score (nSPS) is 12.2. The van der Waals surface area contributed by atoms with Crippen LogP contribution >= 0.6 is 0 Å². The summed E-state index contributed by atoms with van der Waals surface area (Å²) in [5.41, 5.74) is 17.8. The van der Waals surface area contributed by atoms with Crippen LogP contribution in [0.25, 0.3) is 44.5 Å². The lowest BCUT2D eigenvalue weighted by Gasteiger charge is -2.27. The van der Waals surface area contributed by atoms with E-state index in [1.54, 1.807) is 0 Å². The van der Waals surface area contributed by atoms with Crippen LogP contribution in [-0.4, -0.2) is 11.6 Å². The molecular weight excluding hydrogens is 585 g/mol. The maximum atomic E-state index is 15.5. The summed E-state index contributed by atoms with van der Waals surface area (Å²) in [5.74, 6) is -0.222. The van der Waals surface area contributed by atoms with Crippen LogP contribution in [0.3, 0.4) is 0 Å². The average Bonchev–Trinajstić information content (AvgIpc) is 3.00. The minimum absolute atomic E-state index is 0.111. The van der Waals surface area contributed by atoms with E-state index >= 15 is 9.59 Å². The Morgan fingerprint density at radius 1 is 0.271 bits per heavy atom. The largest absolute Gasteiger partial charge is 0.289 e. The van der Waals surface area contributed by atoms with Gasteiger partial charge in [0.1, 0.15) is 0 Å². The lowest BCUT2D eigenvalue weighted by molar-refractivity contribution is 0.0981. The number of rotatable bonds is 4. The zero-order valence-corrected chi connectivity index (χ0v) is 29.1. The minimum atomic E-state index is -0.111. The van der Waals surface area contributed by atoms with Crippen molar-refractivity contribution in [3.05, 3.63) is 164 Å². The fourth-order valence-electron chi connectivity index (χ4n) is 7.88. The zero-order valence-electron chi connectivity index (χ0n) is 29.1. The van der Waals surface area contributed by atoms with Gasteiger partial charge in [-0.05, 0) is 99.9 Å². The molecule has 48 heavy (non-hydrogen) atoms. The van der Waals surface area contributed by atoms with Crippen molar-refractivity contribution in [1.29, 1.82) is 0 Å². The highest BCUT2D eigenvalue weighted by atomic mass is 16.1.